The van der Waals surface area contributed by atoms with Gasteiger partial charge in [-0.1, -0.05) is 13.8 Å². The van der Waals surface area contributed by atoms with Crippen molar-refractivity contribution in [3.05, 3.63) is 0 Å². The number of carbonyl (C=O) groups is 1. The number of nitrogens with zero attached hydrogens (tertiary/aromatic N) is 1. The quantitative estimate of drug-likeness (QED) is 0.640. The zero-order valence-corrected chi connectivity index (χ0v) is 13.7. The van der Waals surface area contributed by atoms with Crippen molar-refractivity contribution in [2.75, 3.05) is 20.1 Å². The van der Waals surface area contributed by atoms with Gasteiger partial charge in [0.1, 0.15) is 0 Å². The van der Waals surface area contributed by atoms with E-state index in [4.69, 9.17) is 5.73 Å². The van der Waals surface area contributed by atoms with E-state index in [2.05, 4.69) is 45.0 Å². The van der Waals surface area contributed by atoms with Crippen LogP contribution in [0.4, 0.5) is 0 Å². The molecule has 0 rings (SSSR count). The lowest BCUT2D eigenvalue weighted by Gasteiger charge is -2.36. The van der Waals surface area contributed by atoms with Gasteiger partial charge >= 0.3 is 0 Å². The molecule has 0 aromatic rings. The molecule has 0 aliphatic heterocycles. The van der Waals surface area contributed by atoms with E-state index in [-0.39, 0.29) is 11.4 Å². The van der Waals surface area contributed by atoms with Crippen molar-refractivity contribution in [2.24, 2.45) is 5.73 Å². The maximum Gasteiger partial charge on any atom is 0.237 e. The first-order valence-electron chi connectivity index (χ1n) is 7.45. The Morgan fingerprint density at radius 2 is 1.84 bits per heavy atom. The third-order valence-corrected chi connectivity index (χ3v) is 4.38. The summed E-state index contributed by atoms with van der Waals surface area (Å²) in [6, 6.07) is 0. The van der Waals surface area contributed by atoms with Crippen molar-refractivity contribution in [3.8, 4) is 0 Å². The molecular formula is C15H33N3O. The van der Waals surface area contributed by atoms with Crippen molar-refractivity contribution in [1.29, 1.82) is 0 Å². The average molecular weight is 271 g/mol. The van der Waals surface area contributed by atoms with Crippen LogP contribution < -0.4 is 11.1 Å². The van der Waals surface area contributed by atoms with Crippen LogP contribution in [-0.4, -0.2) is 42.0 Å². The molecule has 0 radical (unpaired) electrons. The second-order valence-electron chi connectivity index (χ2n) is 6.31. The van der Waals surface area contributed by atoms with E-state index in [0.29, 0.717) is 0 Å². The van der Waals surface area contributed by atoms with Gasteiger partial charge in [0.25, 0.3) is 0 Å². The maximum absolute atomic E-state index is 11.6. The van der Waals surface area contributed by atoms with Crippen molar-refractivity contribution >= 4 is 5.91 Å². The van der Waals surface area contributed by atoms with Crippen molar-refractivity contribution in [1.82, 2.24) is 10.2 Å². The molecule has 0 saturated heterocycles. The Bertz CT molecular complexity index is 279. The summed E-state index contributed by atoms with van der Waals surface area (Å²) < 4.78 is 0. The van der Waals surface area contributed by atoms with Gasteiger partial charge in [0.2, 0.25) is 5.91 Å². The predicted octanol–water partition coefficient (Wildman–Crippen LogP) is 2.13. The largest absolute Gasteiger partial charge is 0.368 e. The van der Waals surface area contributed by atoms with E-state index in [0.717, 1.165) is 38.8 Å². The molecule has 0 aromatic heterocycles. The Morgan fingerprint density at radius 3 is 2.26 bits per heavy atom. The summed E-state index contributed by atoms with van der Waals surface area (Å²) in [5.74, 6) is -0.252. The molecule has 0 aliphatic rings. The highest BCUT2D eigenvalue weighted by Gasteiger charge is 2.30. The minimum atomic E-state index is -0.576. The second kappa shape index (κ2) is 7.85. The molecule has 0 aromatic carbocycles. The molecule has 3 N–H and O–H groups in total. The molecule has 0 bridgehead atoms. The van der Waals surface area contributed by atoms with Crippen LogP contribution in [0.15, 0.2) is 0 Å². The van der Waals surface area contributed by atoms with E-state index in [1.54, 1.807) is 0 Å². The number of rotatable bonds is 10. The fourth-order valence-electron chi connectivity index (χ4n) is 1.94. The van der Waals surface area contributed by atoms with E-state index < -0.39 is 5.54 Å². The normalized spacial score (nSPS) is 15.5. The predicted molar refractivity (Wildman–Crippen MR) is 82.1 cm³/mol. The van der Waals surface area contributed by atoms with Gasteiger partial charge in [0.05, 0.1) is 5.54 Å². The first kappa shape index (κ1) is 18.4. The minimum Gasteiger partial charge on any atom is -0.368 e. The van der Waals surface area contributed by atoms with Crippen LogP contribution >= 0.6 is 0 Å². The summed E-state index contributed by atoms with van der Waals surface area (Å²) in [6.45, 7) is 12.5. The average Bonchev–Trinajstić information content (AvgIpc) is 2.35. The van der Waals surface area contributed by atoms with Crippen molar-refractivity contribution < 1.29 is 4.79 Å². The molecule has 1 atom stereocenters. The molecule has 0 saturated carbocycles. The number of amides is 1. The number of nitrogens with one attached hydrogen (secondary N) is 1. The molecule has 4 heteroatoms. The van der Waals surface area contributed by atoms with E-state index in [1.807, 2.05) is 6.92 Å². The minimum absolute atomic E-state index is 0.208. The fourth-order valence-corrected chi connectivity index (χ4v) is 1.94. The molecule has 1 unspecified atom stereocenters. The number of carbonyl (C=O) groups excluding carboxylic acids is 1. The molecule has 0 aliphatic carbocycles. The zero-order chi connectivity index (χ0) is 15.1. The summed E-state index contributed by atoms with van der Waals surface area (Å²) in [5, 5.41) is 3.28. The third kappa shape index (κ3) is 5.91. The van der Waals surface area contributed by atoms with Gasteiger partial charge in [0, 0.05) is 5.54 Å². The van der Waals surface area contributed by atoms with Gasteiger partial charge < -0.3 is 16.0 Å². The van der Waals surface area contributed by atoms with Crippen LogP contribution in [0, 0.1) is 0 Å². The lowest BCUT2D eigenvalue weighted by molar-refractivity contribution is -0.124. The summed E-state index contributed by atoms with van der Waals surface area (Å²) >= 11 is 0. The number of primary amides is 1. The van der Waals surface area contributed by atoms with Gasteiger partial charge in [-0.2, -0.15) is 0 Å². The van der Waals surface area contributed by atoms with Gasteiger partial charge in [-0.05, 0) is 66.6 Å². The van der Waals surface area contributed by atoms with Gasteiger partial charge in [-0.15, -0.1) is 0 Å². The number of hydrogen-bond acceptors (Lipinski definition) is 3. The Balaban J connectivity index is 4.31. The van der Waals surface area contributed by atoms with Crippen LogP contribution in [0.2, 0.25) is 0 Å². The van der Waals surface area contributed by atoms with Gasteiger partial charge in [-0.3, -0.25) is 4.79 Å². The van der Waals surface area contributed by atoms with Crippen LogP contribution in [0.5, 0.6) is 0 Å². The van der Waals surface area contributed by atoms with E-state index in [9.17, 15) is 4.79 Å². The summed E-state index contributed by atoms with van der Waals surface area (Å²) in [4.78, 5) is 14.0. The lowest BCUT2D eigenvalue weighted by atomic mass is 9.93. The molecule has 0 spiro atoms. The zero-order valence-electron chi connectivity index (χ0n) is 13.7. The van der Waals surface area contributed by atoms with Gasteiger partial charge in [-0.25, -0.2) is 0 Å². The summed E-state index contributed by atoms with van der Waals surface area (Å²) in [5.41, 5.74) is 5.16. The second-order valence-corrected chi connectivity index (χ2v) is 6.31. The Hall–Kier alpha value is -0.610. The van der Waals surface area contributed by atoms with Gasteiger partial charge in [0.15, 0.2) is 0 Å². The van der Waals surface area contributed by atoms with E-state index >= 15 is 0 Å². The monoisotopic (exact) mass is 271 g/mol. The number of nitrogens with two attached hydrogens (primary N) is 1. The number of hydrogen-bond donors (Lipinski definition) is 2. The molecule has 1 amide bonds. The first-order chi connectivity index (χ1) is 8.69. The highest BCUT2D eigenvalue weighted by atomic mass is 16.1. The maximum atomic E-state index is 11.6. The Labute approximate surface area is 119 Å². The highest BCUT2D eigenvalue weighted by Crippen LogP contribution is 2.19. The summed E-state index contributed by atoms with van der Waals surface area (Å²) in [7, 11) is 2.14. The molecule has 0 heterocycles. The topological polar surface area (TPSA) is 58.4 Å². The molecular weight excluding hydrogens is 238 g/mol. The van der Waals surface area contributed by atoms with Crippen LogP contribution in [0.3, 0.4) is 0 Å². The smallest absolute Gasteiger partial charge is 0.237 e. The van der Waals surface area contributed by atoms with E-state index in [1.165, 1.54) is 0 Å². The Morgan fingerprint density at radius 1 is 1.26 bits per heavy atom. The SMILES string of the molecule is CCCNC(C)(CCCN(C)C(C)(C)CC)C(N)=O. The van der Waals surface area contributed by atoms with Crippen LogP contribution in [0.25, 0.3) is 0 Å². The fraction of sp³-hybridized carbons (Fsp3) is 0.933. The molecule has 114 valence electrons. The highest BCUT2D eigenvalue weighted by molar-refractivity contribution is 5.84. The Kier molecular flexibility index (Phi) is 7.60. The summed E-state index contributed by atoms with van der Waals surface area (Å²) in [6.07, 6.45) is 3.87. The van der Waals surface area contributed by atoms with Crippen molar-refractivity contribution in [3.63, 3.8) is 0 Å². The standard InChI is InChI=1S/C15H33N3O/c1-7-11-17-15(5,13(16)19)10-9-12-18(6)14(3,4)8-2/h17H,7-12H2,1-6H3,(H2,16,19). The lowest BCUT2D eigenvalue weighted by Crippen LogP contribution is -2.53. The molecule has 0 fully saturated rings. The van der Waals surface area contributed by atoms with Crippen LogP contribution in [0.1, 0.15) is 60.3 Å². The third-order valence-electron chi connectivity index (χ3n) is 4.38. The van der Waals surface area contributed by atoms with Crippen molar-refractivity contribution in [2.45, 2.75) is 71.4 Å². The van der Waals surface area contributed by atoms with Crippen LogP contribution in [-0.2, 0) is 4.79 Å². The molecule has 4 nitrogen and oxygen atoms in total. The first-order valence-corrected chi connectivity index (χ1v) is 7.45. The molecule has 19 heavy (non-hydrogen) atoms.